The molecule has 1 aliphatic heterocycles. The average molecular weight is 619 g/mol. The molecule has 0 aromatic heterocycles. The molecule has 0 bridgehead atoms. The molecule has 6 unspecified atom stereocenters. The second kappa shape index (κ2) is 15.4. The molecule has 240 valence electrons. The van der Waals surface area contributed by atoms with Gasteiger partial charge in [0.05, 0.1) is 11.7 Å². The van der Waals surface area contributed by atoms with E-state index in [0.29, 0.717) is 12.1 Å². The van der Waals surface area contributed by atoms with Gasteiger partial charge >= 0.3 is 11.9 Å². The highest BCUT2D eigenvalue weighted by Crippen LogP contribution is 2.19. The number of rotatable bonds is 14. The molecule has 1 aromatic carbocycles. The number of hydrogen-bond acceptors (Lipinski definition) is 9. The third kappa shape index (κ3) is 9.50. The number of carbonyl (C=O) groups is 6. The van der Waals surface area contributed by atoms with Crippen LogP contribution in [-0.2, 0) is 24.0 Å². The minimum absolute atomic E-state index is 0.0184. The molecule has 1 heterocycles. The van der Waals surface area contributed by atoms with E-state index in [9.17, 15) is 44.1 Å². The van der Waals surface area contributed by atoms with E-state index in [-0.39, 0.29) is 30.1 Å². The fourth-order valence-electron chi connectivity index (χ4n) is 4.17. The van der Waals surface area contributed by atoms with Crippen molar-refractivity contribution in [2.24, 2.45) is 11.5 Å². The number of aliphatic hydroxyl groups excluding tert-OH is 1. The molecule has 0 radical (unpaired) electrons. The molecule has 17 heteroatoms. The van der Waals surface area contributed by atoms with Crippen molar-refractivity contribution < 1.29 is 44.1 Å². The molecule has 0 spiro atoms. The van der Waals surface area contributed by atoms with Crippen molar-refractivity contribution in [3.05, 3.63) is 47.0 Å². The molecule has 6 atom stereocenters. The molecule has 2 rings (SSSR count). The van der Waals surface area contributed by atoms with Crippen molar-refractivity contribution in [1.29, 1.82) is 5.41 Å². The first-order valence-electron chi connectivity index (χ1n) is 13.5. The van der Waals surface area contributed by atoms with Gasteiger partial charge in [-0.2, -0.15) is 0 Å². The number of benzene rings is 1. The van der Waals surface area contributed by atoms with Crippen molar-refractivity contribution in [3.63, 3.8) is 0 Å². The first-order valence-corrected chi connectivity index (χ1v) is 13.5. The van der Waals surface area contributed by atoms with Gasteiger partial charge in [0.2, 0.25) is 23.6 Å². The van der Waals surface area contributed by atoms with Crippen LogP contribution in [0.2, 0.25) is 0 Å². The lowest BCUT2D eigenvalue weighted by Gasteiger charge is -2.25. The molecule has 0 aliphatic carbocycles. The smallest absolute Gasteiger partial charge is 0.336 e. The number of carboxylic acid groups (broad SMARTS) is 2. The summed E-state index contributed by atoms with van der Waals surface area (Å²) in [5.74, 6) is -6.47. The summed E-state index contributed by atoms with van der Waals surface area (Å²) in [7, 11) is 0. The van der Waals surface area contributed by atoms with Crippen LogP contribution < -0.4 is 32.7 Å². The number of aromatic carboxylic acids is 1. The Morgan fingerprint density at radius 3 is 2.00 bits per heavy atom. The van der Waals surface area contributed by atoms with E-state index < -0.39 is 71.9 Å². The fourth-order valence-corrected chi connectivity index (χ4v) is 4.17. The number of hydrogen-bond donors (Lipinski definition) is 10. The number of amides is 4. The lowest BCUT2D eigenvalue weighted by Crippen LogP contribution is -2.58. The molecule has 4 amide bonds. The van der Waals surface area contributed by atoms with Gasteiger partial charge in [0.1, 0.15) is 24.2 Å². The van der Waals surface area contributed by atoms with Crippen LogP contribution in [0.25, 0.3) is 0 Å². The van der Waals surface area contributed by atoms with Crippen LogP contribution in [0.1, 0.15) is 49.2 Å². The van der Waals surface area contributed by atoms with Gasteiger partial charge in [-0.3, -0.25) is 24.6 Å². The van der Waals surface area contributed by atoms with E-state index in [1.54, 1.807) is 6.08 Å². The molecule has 12 N–H and O–H groups in total. The van der Waals surface area contributed by atoms with Gasteiger partial charge in [0.25, 0.3) is 0 Å². The fraction of sp³-hybridized carbons (Fsp3) is 0.444. The van der Waals surface area contributed by atoms with Crippen LogP contribution in [0.4, 0.5) is 0 Å². The summed E-state index contributed by atoms with van der Waals surface area (Å²) in [5, 5.41) is 45.7. The second-order valence-corrected chi connectivity index (χ2v) is 10.3. The largest absolute Gasteiger partial charge is 0.479 e. The number of carboxylic acids is 2. The van der Waals surface area contributed by atoms with Gasteiger partial charge in [-0.1, -0.05) is 29.8 Å². The first-order chi connectivity index (χ1) is 20.5. The Balaban J connectivity index is 2.09. The molecule has 17 nitrogen and oxygen atoms in total. The Bertz CT molecular complexity index is 1330. The zero-order valence-electron chi connectivity index (χ0n) is 24.4. The van der Waals surface area contributed by atoms with Crippen molar-refractivity contribution in [2.75, 3.05) is 13.1 Å². The number of nitrogens with zero attached hydrogens (tertiary/aromatic N) is 1. The van der Waals surface area contributed by atoms with Crippen LogP contribution in [0.15, 0.2) is 35.9 Å². The number of aliphatic carboxylic acids is 1. The number of guanidine groups is 1. The standard InChI is InChI=1S/C27H38N8O9/c1-12(21(37)31-13(2)22(38)34-20(26(43)44)16-6-4-5-7-17(16)25(41)42)32-23(39)18(33-24(40)19(28)14(3)36)10-15-8-9-35(11-15)27(29)30/h4-8,12-14,18-20,36H,9-11,28H2,1-3H3,(H3,29,30)(H,31,37)(H,32,39)(H,33,40)(H,34,38)(H,41,42)(H,43,44). The minimum atomic E-state index is -1.73. The lowest BCUT2D eigenvalue weighted by molar-refractivity contribution is -0.142. The molecule has 1 aliphatic rings. The average Bonchev–Trinajstić information content (AvgIpc) is 3.43. The van der Waals surface area contributed by atoms with Gasteiger partial charge < -0.3 is 53.0 Å². The zero-order valence-corrected chi connectivity index (χ0v) is 24.4. The molecule has 1 aromatic rings. The molecular weight excluding hydrogens is 580 g/mol. The van der Waals surface area contributed by atoms with Crippen molar-refractivity contribution >= 4 is 41.5 Å². The van der Waals surface area contributed by atoms with E-state index in [0.717, 1.165) is 0 Å². The number of carbonyl (C=O) groups excluding carboxylic acids is 4. The Hall–Kier alpha value is -5.03. The van der Waals surface area contributed by atoms with E-state index in [1.165, 1.54) is 49.9 Å². The van der Waals surface area contributed by atoms with E-state index in [2.05, 4.69) is 21.3 Å². The van der Waals surface area contributed by atoms with Gasteiger partial charge in [0.15, 0.2) is 12.0 Å². The summed E-state index contributed by atoms with van der Waals surface area (Å²) in [4.78, 5) is 76.2. The third-order valence-corrected chi connectivity index (χ3v) is 6.80. The van der Waals surface area contributed by atoms with Gasteiger partial charge in [-0.25, -0.2) is 9.59 Å². The minimum Gasteiger partial charge on any atom is -0.479 e. The van der Waals surface area contributed by atoms with Crippen LogP contribution in [-0.4, -0.2) is 105 Å². The number of nitrogens with one attached hydrogen (secondary N) is 5. The highest BCUT2D eigenvalue weighted by molar-refractivity contribution is 5.96. The van der Waals surface area contributed by atoms with E-state index in [1.807, 2.05) is 0 Å². The van der Waals surface area contributed by atoms with Crippen molar-refractivity contribution in [1.82, 2.24) is 26.2 Å². The van der Waals surface area contributed by atoms with Gasteiger partial charge in [-0.05, 0) is 33.3 Å². The maximum Gasteiger partial charge on any atom is 0.336 e. The topological polar surface area (TPSA) is 290 Å². The summed E-state index contributed by atoms with van der Waals surface area (Å²) in [6.07, 6.45) is 0.501. The van der Waals surface area contributed by atoms with Crippen molar-refractivity contribution in [2.45, 2.75) is 63.5 Å². The van der Waals surface area contributed by atoms with Crippen LogP contribution in [0.3, 0.4) is 0 Å². The molecule has 0 saturated carbocycles. The maximum atomic E-state index is 13.2. The highest BCUT2D eigenvalue weighted by atomic mass is 16.4. The number of nitrogens with two attached hydrogens (primary N) is 2. The molecule has 44 heavy (non-hydrogen) atoms. The number of aliphatic hydroxyl groups is 1. The summed E-state index contributed by atoms with van der Waals surface area (Å²) < 4.78 is 0. The summed E-state index contributed by atoms with van der Waals surface area (Å²) in [6.45, 7) is 4.43. The summed E-state index contributed by atoms with van der Waals surface area (Å²) in [6, 6.07) is -1.60. The molecule has 0 fully saturated rings. The van der Waals surface area contributed by atoms with Crippen molar-refractivity contribution in [3.8, 4) is 0 Å². The summed E-state index contributed by atoms with van der Waals surface area (Å²) >= 11 is 0. The van der Waals surface area contributed by atoms with Crippen LogP contribution in [0.5, 0.6) is 0 Å². The Morgan fingerprint density at radius 2 is 1.48 bits per heavy atom. The first kappa shape index (κ1) is 35.2. The van der Waals surface area contributed by atoms with E-state index in [4.69, 9.17) is 16.9 Å². The summed E-state index contributed by atoms with van der Waals surface area (Å²) in [5.41, 5.74) is 11.4. The Kier molecular flexibility index (Phi) is 12.3. The highest BCUT2D eigenvalue weighted by Gasteiger charge is 2.32. The van der Waals surface area contributed by atoms with Gasteiger partial charge in [-0.15, -0.1) is 0 Å². The van der Waals surface area contributed by atoms with Crippen LogP contribution in [0, 0.1) is 5.41 Å². The Morgan fingerprint density at radius 1 is 0.909 bits per heavy atom. The van der Waals surface area contributed by atoms with Gasteiger partial charge in [0, 0.05) is 18.7 Å². The predicted octanol–water partition coefficient (Wildman–Crippen LogP) is -2.65. The zero-order chi connectivity index (χ0) is 33.3. The van der Waals surface area contributed by atoms with Crippen LogP contribution >= 0.6 is 0 Å². The monoisotopic (exact) mass is 618 g/mol. The molecule has 0 saturated heterocycles. The van der Waals surface area contributed by atoms with E-state index >= 15 is 0 Å². The second-order valence-electron chi connectivity index (χ2n) is 10.3. The quantitative estimate of drug-likeness (QED) is 0.0581. The normalized spacial score (nSPS) is 16.7. The third-order valence-electron chi connectivity index (χ3n) is 6.80. The maximum absolute atomic E-state index is 13.2. The SMILES string of the molecule is CC(NC(=O)C(C)NC(=O)C(CC1=CCN(C(=N)N)C1)NC(=O)C(N)C(C)O)C(=O)NC(C(=O)O)c1ccccc1C(=O)O. The predicted molar refractivity (Wildman–Crippen MR) is 155 cm³/mol. The Labute approximate surface area is 252 Å². The lowest BCUT2D eigenvalue weighted by atomic mass is 10.00. The molecular formula is C27H38N8O9.